The number of hydrogen-bond donors (Lipinski definition) is 1. The molecule has 3 nitrogen and oxygen atoms in total. The molecule has 0 aliphatic carbocycles. The van der Waals surface area contributed by atoms with Crippen molar-refractivity contribution in [2.75, 3.05) is 7.11 Å². The van der Waals surface area contributed by atoms with Gasteiger partial charge in [-0.1, -0.05) is 6.07 Å². The third kappa shape index (κ3) is 2.70. The van der Waals surface area contributed by atoms with Crippen molar-refractivity contribution >= 4 is 0 Å². The summed E-state index contributed by atoms with van der Waals surface area (Å²) in [4.78, 5) is 4.21. The van der Waals surface area contributed by atoms with Gasteiger partial charge >= 0.3 is 0 Å². The standard InChI is InChI=1S/C10H15NO2/c1-7(12)6-9-4-5-10(13-3)11-8(9)2/h4-5,7,12H,6H2,1-3H3. The zero-order valence-electron chi connectivity index (χ0n) is 8.24. The lowest BCUT2D eigenvalue weighted by molar-refractivity contribution is 0.195. The molecule has 1 aromatic rings. The molecule has 0 fully saturated rings. The van der Waals surface area contributed by atoms with Crippen molar-refractivity contribution in [3.63, 3.8) is 0 Å². The van der Waals surface area contributed by atoms with Gasteiger partial charge in [0.2, 0.25) is 5.88 Å². The molecule has 1 atom stereocenters. The molecule has 0 bridgehead atoms. The maximum atomic E-state index is 9.20. The van der Waals surface area contributed by atoms with E-state index in [1.807, 2.05) is 19.1 Å². The zero-order chi connectivity index (χ0) is 9.84. The summed E-state index contributed by atoms with van der Waals surface area (Å²) < 4.78 is 4.98. The summed E-state index contributed by atoms with van der Waals surface area (Å²) in [5.74, 6) is 0.617. The predicted octanol–water partition coefficient (Wildman–Crippen LogP) is 1.32. The van der Waals surface area contributed by atoms with Crippen LogP contribution in [0, 0.1) is 6.92 Å². The van der Waals surface area contributed by atoms with Crippen LogP contribution in [0.15, 0.2) is 12.1 Å². The van der Waals surface area contributed by atoms with Gasteiger partial charge in [-0.2, -0.15) is 0 Å². The molecule has 3 heteroatoms. The summed E-state index contributed by atoms with van der Waals surface area (Å²) in [6.07, 6.45) is 0.317. The van der Waals surface area contributed by atoms with Gasteiger partial charge in [0, 0.05) is 11.8 Å². The molecule has 1 heterocycles. The van der Waals surface area contributed by atoms with Crippen molar-refractivity contribution in [1.82, 2.24) is 4.98 Å². The van der Waals surface area contributed by atoms with E-state index in [0.29, 0.717) is 12.3 Å². The molecule has 13 heavy (non-hydrogen) atoms. The number of aromatic nitrogens is 1. The number of ether oxygens (including phenoxy) is 1. The molecule has 1 unspecified atom stereocenters. The van der Waals surface area contributed by atoms with Crippen LogP contribution in [-0.2, 0) is 6.42 Å². The maximum absolute atomic E-state index is 9.20. The van der Waals surface area contributed by atoms with Crippen molar-refractivity contribution in [2.45, 2.75) is 26.4 Å². The highest BCUT2D eigenvalue weighted by Gasteiger charge is 2.04. The van der Waals surface area contributed by atoms with Gasteiger partial charge in [0.15, 0.2) is 0 Å². The van der Waals surface area contributed by atoms with E-state index in [1.165, 1.54) is 0 Å². The minimum absolute atomic E-state index is 0.325. The summed E-state index contributed by atoms with van der Waals surface area (Å²) in [5.41, 5.74) is 1.98. The third-order valence-corrected chi connectivity index (χ3v) is 1.89. The Kier molecular flexibility index (Phi) is 3.25. The van der Waals surface area contributed by atoms with Crippen molar-refractivity contribution in [3.05, 3.63) is 23.4 Å². The van der Waals surface area contributed by atoms with Gasteiger partial charge in [0.1, 0.15) is 0 Å². The Morgan fingerprint density at radius 3 is 2.69 bits per heavy atom. The number of hydrogen-bond acceptors (Lipinski definition) is 3. The highest BCUT2D eigenvalue weighted by atomic mass is 16.5. The lowest BCUT2D eigenvalue weighted by Crippen LogP contribution is -2.06. The van der Waals surface area contributed by atoms with Gasteiger partial charge in [-0.3, -0.25) is 0 Å². The molecule has 0 spiro atoms. The Hall–Kier alpha value is -1.09. The molecule has 0 aromatic carbocycles. The Balaban J connectivity index is 2.85. The lowest BCUT2D eigenvalue weighted by atomic mass is 10.1. The number of aliphatic hydroxyl groups excluding tert-OH is 1. The highest BCUT2D eigenvalue weighted by Crippen LogP contribution is 2.13. The number of rotatable bonds is 3. The average molecular weight is 181 g/mol. The number of pyridine rings is 1. The van der Waals surface area contributed by atoms with E-state index in [-0.39, 0.29) is 6.10 Å². The fourth-order valence-electron chi connectivity index (χ4n) is 1.21. The number of aliphatic hydroxyl groups is 1. The normalized spacial score (nSPS) is 12.6. The smallest absolute Gasteiger partial charge is 0.213 e. The first kappa shape index (κ1) is 9.99. The van der Waals surface area contributed by atoms with Crippen LogP contribution in [0.4, 0.5) is 0 Å². The van der Waals surface area contributed by atoms with E-state index in [4.69, 9.17) is 4.74 Å². The first-order valence-corrected chi connectivity index (χ1v) is 4.32. The molecule has 0 aliphatic heterocycles. The molecule has 0 radical (unpaired) electrons. The first-order chi connectivity index (χ1) is 6.13. The SMILES string of the molecule is COc1ccc(CC(C)O)c(C)n1. The van der Waals surface area contributed by atoms with Crippen molar-refractivity contribution < 1.29 is 9.84 Å². The van der Waals surface area contributed by atoms with Gasteiger partial charge < -0.3 is 9.84 Å². The molecule has 0 saturated heterocycles. The Morgan fingerprint density at radius 1 is 1.54 bits per heavy atom. The van der Waals surface area contributed by atoms with E-state index >= 15 is 0 Å². The Labute approximate surface area is 78.4 Å². The van der Waals surface area contributed by atoms with Crippen LogP contribution in [0.5, 0.6) is 5.88 Å². The minimum Gasteiger partial charge on any atom is -0.481 e. The van der Waals surface area contributed by atoms with Crippen molar-refractivity contribution in [3.8, 4) is 5.88 Å². The molecular formula is C10H15NO2. The second-order valence-electron chi connectivity index (χ2n) is 3.15. The van der Waals surface area contributed by atoms with Gasteiger partial charge in [-0.15, -0.1) is 0 Å². The second-order valence-corrected chi connectivity index (χ2v) is 3.15. The summed E-state index contributed by atoms with van der Waals surface area (Å²) in [5, 5.41) is 9.20. The Morgan fingerprint density at radius 2 is 2.23 bits per heavy atom. The summed E-state index contributed by atoms with van der Waals surface area (Å²) in [7, 11) is 1.59. The summed E-state index contributed by atoms with van der Waals surface area (Å²) in [6.45, 7) is 3.68. The monoisotopic (exact) mass is 181 g/mol. The highest BCUT2D eigenvalue weighted by molar-refractivity contribution is 5.25. The summed E-state index contributed by atoms with van der Waals surface area (Å²) >= 11 is 0. The largest absolute Gasteiger partial charge is 0.481 e. The van der Waals surface area contributed by atoms with Gasteiger partial charge in [-0.25, -0.2) is 4.98 Å². The zero-order valence-corrected chi connectivity index (χ0v) is 8.24. The van der Waals surface area contributed by atoms with Crippen molar-refractivity contribution in [2.24, 2.45) is 0 Å². The maximum Gasteiger partial charge on any atom is 0.213 e. The lowest BCUT2D eigenvalue weighted by Gasteiger charge is -2.08. The molecule has 0 aliphatic rings. The average Bonchev–Trinajstić information content (AvgIpc) is 2.08. The third-order valence-electron chi connectivity index (χ3n) is 1.89. The van der Waals surface area contributed by atoms with Crippen LogP contribution in [0.3, 0.4) is 0 Å². The molecule has 1 N–H and O–H groups in total. The number of nitrogens with zero attached hydrogens (tertiary/aromatic N) is 1. The van der Waals surface area contributed by atoms with Crippen LogP contribution in [0.2, 0.25) is 0 Å². The van der Waals surface area contributed by atoms with Crippen LogP contribution < -0.4 is 4.74 Å². The first-order valence-electron chi connectivity index (χ1n) is 4.32. The van der Waals surface area contributed by atoms with Crippen LogP contribution in [0.1, 0.15) is 18.2 Å². The van der Waals surface area contributed by atoms with Crippen LogP contribution >= 0.6 is 0 Å². The van der Waals surface area contributed by atoms with E-state index in [2.05, 4.69) is 4.98 Å². The molecule has 0 saturated carbocycles. The second kappa shape index (κ2) is 4.23. The van der Waals surface area contributed by atoms with E-state index < -0.39 is 0 Å². The van der Waals surface area contributed by atoms with E-state index in [9.17, 15) is 5.11 Å². The number of aryl methyl sites for hydroxylation is 1. The van der Waals surface area contributed by atoms with Crippen LogP contribution in [0.25, 0.3) is 0 Å². The minimum atomic E-state index is -0.325. The Bertz CT molecular complexity index is 284. The molecule has 1 rings (SSSR count). The predicted molar refractivity (Wildman–Crippen MR) is 50.9 cm³/mol. The molecule has 1 aromatic heterocycles. The molecular weight excluding hydrogens is 166 g/mol. The van der Waals surface area contributed by atoms with Gasteiger partial charge in [-0.05, 0) is 25.8 Å². The quantitative estimate of drug-likeness (QED) is 0.764. The van der Waals surface area contributed by atoms with E-state index in [0.717, 1.165) is 11.3 Å². The van der Waals surface area contributed by atoms with Gasteiger partial charge in [0.05, 0.1) is 13.2 Å². The number of methoxy groups -OCH3 is 1. The van der Waals surface area contributed by atoms with Crippen LogP contribution in [-0.4, -0.2) is 23.3 Å². The fraction of sp³-hybridized carbons (Fsp3) is 0.500. The van der Waals surface area contributed by atoms with Gasteiger partial charge in [0.25, 0.3) is 0 Å². The van der Waals surface area contributed by atoms with E-state index in [1.54, 1.807) is 14.0 Å². The van der Waals surface area contributed by atoms with Crippen molar-refractivity contribution in [1.29, 1.82) is 0 Å². The summed E-state index contributed by atoms with van der Waals surface area (Å²) in [6, 6.07) is 3.75. The fourth-order valence-corrected chi connectivity index (χ4v) is 1.21. The molecule has 72 valence electrons. The topological polar surface area (TPSA) is 42.4 Å². The molecule has 0 amide bonds.